The van der Waals surface area contributed by atoms with Crippen LogP contribution in [0.1, 0.15) is 5.56 Å². The minimum atomic E-state index is -1.45. The van der Waals surface area contributed by atoms with Crippen molar-refractivity contribution in [2.75, 3.05) is 12.4 Å². The summed E-state index contributed by atoms with van der Waals surface area (Å²) in [7, 11) is 1.99. The molecule has 4 rings (SSSR count). The van der Waals surface area contributed by atoms with Gasteiger partial charge in [0.1, 0.15) is 19.6 Å². The Bertz CT molecular complexity index is 1450. The number of nitrogens with zero attached hydrogens (tertiary/aromatic N) is 3. The van der Waals surface area contributed by atoms with E-state index in [1.807, 2.05) is 54.1 Å². The summed E-state index contributed by atoms with van der Waals surface area (Å²) in [4.78, 5) is 20.2. The van der Waals surface area contributed by atoms with Gasteiger partial charge in [-0.3, -0.25) is 0 Å². The van der Waals surface area contributed by atoms with Crippen LogP contribution < -0.4 is 20.1 Å². The van der Waals surface area contributed by atoms with E-state index in [0.717, 1.165) is 22.3 Å². The van der Waals surface area contributed by atoms with Crippen LogP contribution in [0.4, 0.5) is 16.4 Å². The Morgan fingerprint density at radius 2 is 1.86 bits per heavy atom. The van der Waals surface area contributed by atoms with Gasteiger partial charge in [0, 0.05) is 43.7 Å². The number of carbonyl (C=O) groups excluding carboxylic acids is 1. The number of hydrogen-bond acceptors (Lipinski definition) is 6. The third-order valence-corrected chi connectivity index (χ3v) is 5.77. The molecule has 0 unspecified atom stereocenters. The summed E-state index contributed by atoms with van der Waals surface area (Å²) in [6.45, 7) is 6.68. The molecule has 2 aromatic carbocycles. The van der Waals surface area contributed by atoms with Gasteiger partial charge in [-0.2, -0.15) is 0 Å². The van der Waals surface area contributed by atoms with Gasteiger partial charge in [0.25, 0.3) is 0 Å². The third-order valence-electron chi connectivity index (χ3n) is 4.90. The van der Waals surface area contributed by atoms with E-state index in [4.69, 9.17) is 14.5 Å². The van der Waals surface area contributed by atoms with Gasteiger partial charge >= 0.3 is 6.09 Å². The SMILES string of the molecule is CNC(=O)Oc1cc(Oc2ccc3c(c2)nc(Nc2cccc(C#C[Si](C)(C)C)c2)n3C)ccn1. The van der Waals surface area contributed by atoms with Crippen LogP contribution in [-0.4, -0.2) is 35.7 Å². The van der Waals surface area contributed by atoms with E-state index < -0.39 is 14.2 Å². The van der Waals surface area contributed by atoms with Gasteiger partial charge in [0.15, 0.2) is 0 Å². The van der Waals surface area contributed by atoms with Crippen LogP contribution in [0.25, 0.3) is 11.0 Å². The molecule has 0 spiro atoms. The number of imidazole rings is 1. The molecule has 1 amide bonds. The number of benzene rings is 2. The third kappa shape index (κ3) is 6.19. The molecule has 9 heteroatoms. The number of carbonyl (C=O) groups is 1. The highest BCUT2D eigenvalue weighted by atomic mass is 28.3. The van der Waals surface area contributed by atoms with Gasteiger partial charge in [-0.25, -0.2) is 14.8 Å². The highest BCUT2D eigenvalue weighted by Crippen LogP contribution is 2.29. The maximum Gasteiger partial charge on any atom is 0.413 e. The fourth-order valence-corrected chi connectivity index (χ4v) is 3.73. The second-order valence-electron chi connectivity index (χ2n) is 8.92. The lowest BCUT2D eigenvalue weighted by Gasteiger charge is -2.08. The Balaban J connectivity index is 1.54. The predicted molar refractivity (Wildman–Crippen MR) is 140 cm³/mol. The molecule has 2 N–H and O–H groups in total. The zero-order chi connectivity index (χ0) is 25.0. The lowest BCUT2D eigenvalue weighted by Crippen LogP contribution is -2.22. The van der Waals surface area contributed by atoms with Crippen molar-refractivity contribution in [3.05, 3.63) is 66.4 Å². The zero-order valence-corrected chi connectivity index (χ0v) is 21.3. The Labute approximate surface area is 205 Å². The number of fused-ring (bicyclic) bond motifs is 1. The van der Waals surface area contributed by atoms with Crippen LogP contribution in [0.5, 0.6) is 17.4 Å². The molecule has 0 saturated heterocycles. The maximum atomic E-state index is 11.4. The number of aryl methyl sites for hydroxylation is 1. The Morgan fingerprint density at radius 3 is 2.63 bits per heavy atom. The lowest BCUT2D eigenvalue weighted by atomic mass is 10.2. The standard InChI is InChI=1S/C26H27N5O3Si/c1-27-26(32)34-24-17-21(11-13-28-24)33-20-9-10-23-22(16-20)30-25(31(23)2)29-19-8-6-7-18(15-19)12-14-35(3,4)5/h6-11,13,15-17H,1-5H3,(H,27,32)(H,29,30). The number of rotatable bonds is 5. The number of amides is 1. The van der Waals surface area contributed by atoms with Gasteiger partial charge < -0.3 is 24.7 Å². The normalized spacial score (nSPS) is 10.9. The van der Waals surface area contributed by atoms with Crippen molar-refractivity contribution < 1.29 is 14.3 Å². The first-order valence-corrected chi connectivity index (χ1v) is 14.6. The van der Waals surface area contributed by atoms with Crippen LogP contribution >= 0.6 is 0 Å². The summed E-state index contributed by atoms with van der Waals surface area (Å²) >= 11 is 0. The molecule has 0 aliphatic heterocycles. The molecular weight excluding hydrogens is 458 g/mol. The van der Waals surface area contributed by atoms with Crippen molar-refractivity contribution in [3.8, 4) is 28.8 Å². The number of anilines is 2. The predicted octanol–water partition coefficient (Wildman–Crippen LogP) is 5.45. The summed E-state index contributed by atoms with van der Waals surface area (Å²) in [5, 5.41) is 5.77. The van der Waals surface area contributed by atoms with Crippen LogP contribution in [-0.2, 0) is 7.05 Å². The van der Waals surface area contributed by atoms with E-state index in [2.05, 4.69) is 46.7 Å². The summed E-state index contributed by atoms with van der Waals surface area (Å²) in [6, 6.07) is 16.9. The Hall–Kier alpha value is -4.29. The molecule has 0 saturated carbocycles. The molecule has 178 valence electrons. The van der Waals surface area contributed by atoms with Crippen LogP contribution in [0.3, 0.4) is 0 Å². The van der Waals surface area contributed by atoms with Gasteiger partial charge in [-0.1, -0.05) is 31.6 Å². The van der Waals surface area contributed by atoms with Crippen molar-refractivity contribution in [1.29, 1.82) is 0 Å². The minimum Gasteiger partial charge on any atom is -0.457 e. The number of ether oxygens (including phenoxy) is 2. The van der Waals surface area contributed by atoms with Gasteiger partial charge in [-0.15, -0.1) is 5.54 Å². The second-order valence-corrected chi connectivity index (χ2v) is 13.7. The smallest absolute Gasteiger partial charge is 0.413 e. The second kappa shape index (κ2) is 9.91. The van der Waals surface area contributed by atoms with Gasteiger partial charge in [0.2, 0.25) is 11.8 Å². The molecule has 2 heterocycles. The molecule has 0 aliphatic carbocycles. The van der Waals surface area contributed by atoms with Crippen LogP contribution in [0.15, 0.2) is 60.8 Å². The summed E-state index contributed by atoms with van der Waals surface area (Å²) in [5.41, 5.74) is 7.02. The molecule has 4 aromatic rings. The van der Waals surface area contributed by atoms with Gasteiger partial charge in [0.05, 0.1) is 11.0 Å². The molecule has 0 fully saturated rings. The topological polar surface area (TPSA) is 90.3 Å². The molecule has 2 aromatic heterocycles. The summed E-state index contributed by atoms with van der Waals surface area (Å²) < 4.78 is 13.0. The maximum absolute atomic E-state index is 11.4. The van der Waals surface area contributed by atoms with Crippen molar-refractivity contribution >= 4 is 36.8 Å². The number of pyridine rings is 1. The van der Waals surface area contributed by atoms with Crippen molar-refractivity contribution in [2.45, 2.75) is 19.6 Å². The monoisotopic (exact) mass is 485 g/mol. The highest BCUT2D eigenvalue weighted by Gasteiger charge is 2.11. The quantitative estimate of drug-likeness (QED) is 0.289. The lowest BCUT2D eigenvalue weighted by molar-refractivity contribution is 0.201. The molecular formula is C26H27N5O3Si. The Kier molecular flexibility index (Phi) is 6.75. The minimum absolute atomic E-state index is 0.143. The fraction of sp³-hybridized carbons (Fsp3) is 0.192. The van der Waals surface area contributed by atoms with E-state index in [-0.39, 0.29) is 5.88 Å². The molecule has 35 heavy (non-hydrogen) atoms. The zero-order valence-electron chi connectivity index (χ0n) is 20.3. The molecule has 0 bridgehead atoms. The van der Waals surface area contributed by atoms with Crippen molar-refractivity contribution in [2.24, 2.45) is 7.05 Å². The Morgan fingerprint density at radius 1 is 1.06 bits per heavy atom. The number of aromatic nitrogens is 3. The first-order chi connectivity index (χ1) is 16.7. The highest BCUT2D eigenvalue weighted by molar-refractivity contribution is 6.83. The molecule has 0 atom stereocenters. The van der Waals surface area contributed by atoms with Gasteiger partial charge in [-0.05, 0) is 36.4 Å². The van der Waals surface area contributed by atoms with E-state index in [1.165, 1.54) is 13.2 Å². The van der Waals surface area contributed by atoms with E-state index in [9.17, 15) is 4.79 Å². The number of hydrogen-bond donors (Lipinski definition) is 2. The van der Waals surface area contributed by atoms with Crippen molar-refractivity contribution in [1.82, 2.24) is 19.9 Å². The first kappa shape index (κ1) is 23.9. The molecule has 8 nitrogen and oxygen atoms in total. The average Bonchev–Trinajstić information content (AvgIpc) is 3.12. The van der Waals surface area contributed by atoms with Crippen molar-refractivity contribution in [3.63, 3.8) is 0 Å². The fourth-order valence-electron chi connectivity index (χ4n) is 3.21. The van der Waals surface area contributed by atoms with E-state index in [1.54, 1.807) is 12.1 Å². The molecule has 0 radical (unpaired) electrons. The summed E-state index contributed by atoms with van der Waals surface area (Å²) in [5.74, 6) is 5.23. The van der Waals surface area contributed by atoms with E-state index >= 15 is 0 Å². The van der Waals surface area contributed by atoms with Crippen LogP contribution in [0, 0.1) is 11.5 Å². The number of nitrogens with one attached hydrogen (secondary N) is 2. The average molecular weight is 486 g/mol. The first-order valence-electron chi connectivity index (χ1n) is 11.1. The van der Waals surface area contributed by atoms with E-state index in [0.29, 0.717) is 17.4 Å². The molecule has 0 aliphatic rings. The summed E-state index contributed by atoms with van der Waals surface area (Å²) in [6.07, 6.45) is 0.912. The largest absolute Gasteiger partial charge is 0.457 e. The van der Waals surface area contributed by atoms with Crippen LogP contribution in [0.2, 0.25) is 19.6 Å².